The summed E-state index contributed by atoms with van der Waals surface area (Å²) in [7, 11) is 2.13. The molecule has 1 aliphatic rings. The summed E-state index contributed by atoms with van der Waals surface area (Å²) < 4.78 is 0. The average molecular weight is 233 g/mol. The van der Waals surface area contributed by atoms with E-state index in [9.17, 15) is 5.11 Å². The highest BCUT2D eigenvalue weighted by atomic mass is 16.3. The molecule has 0 amide bonds. The minimum Gasteiger partial charge on any atom is -0.388 e. The second kappa shape index (κ2) is 5.09. The van der Waals surface area contributed by atoms with Crippen LogP contribution in [0.25, 0.3) is 0 Å². The number of fused-ring (bicyclic) bond motifs is 1. The fraction of sp³-hybridized carbons (Fsp3) is 0.600. The Morgan fingerprint density at radius 2 is 2.00 bits per heavy atom. The molecule has 0 aromatic heterocycles. The van der Waals surface area contributed by atoms with E-state index in [-0.39, 0.29) is 6.10 Å². The molecule has 1 N–H and O–H groups in total. The van der Waals surface area contributed by atoms with Crippen molar-refractivity contribution in [3.8, 4) is 0 Å². The molecule has 0 bridgehead atoms. The standard InChI is InChI=1S/C15H23NO/c1-4-11(5-2)15(17)13-6-7-14-12(10-13)8-9-16(14)3/h6-7,10-11,15,17H,4-5,8-9H2,1-3H3. The van der Waals surface area contributed by atoms with Gasteiger partial charge in [-0.15, -0.1) is 0 Å². The van der Waals surface area contributed by atoms with Gasteiger partial charge in [0.2, 0.25) is 0 Å². The lowest BCUT2D eigenvalue weighted by Crippen LogP contribution is -2.13. The van der Waals surface area contributed by atoms with E-state index in [4.69, 9.17) is 0 Å². The van der Waals surface area contributed by atoms with E-state index in [0.717, 1.165) is 31.4 Å². The van der Waals surface area contributed by atoms with Crippen LogP contribution < -0.4 is 4.90 Å². The zero-order valence-electron chi connectivity index (χ0n) is 11.1. The summed E-state index contributed by atoms with van der Waals surface area (Å²) in [6, 6.07) is 6.44. The lowest BCUT2D eigenvalue weighted by atomic mass is 9.90. The Balaban J connectivity index is 2.23. The van der Waals surface area contributed by atoms with Crippen LogP contribution in [-0.2, 0) is 6.42 Å². The Labute approximate surface area is 104 Å². The summed E-state index contributed by atoms with van der Waals surface area (Å²) >= 11 is 0. The van der Waals surface area contributed by atoms with Crippen molar-refractivity contribution in [3.05, 3.63) is 29.3 Å². The number of hydrogen-bond donors (Lipinski definition) is 1. The highest BCUT2D eigenvalue weighted by Crippen LogP contribution is 2.33. The van der Waals surface area contributed by atoms with Gasteiger partial charge < -0.3 is 10.0 Å². The molecule has 1 aromatic carbocycles. The summed E-state index contributed by atoms with van der Waals surface area (Å²) in [5, 5.41) is 10.4. The van der Waals surface area contributed by atoms with E-state index in [2.05, 4.69) is 44.0 Å². The van der Waals surface area contributed by atoms with E-state index in [0.29, 0.717) is 5.92 Å². The van der Waals surface area contributed by atoms with Crippen LogP contribution in [0, 0.1) is 5.92 Å². The second-order valence-corrected chi connectivity index (χ2v) is 5.08. The molecule has 2 nitrogen and oxygen atoms in total. The van der Waals surface area contributed by atoms with Crippen LogP contribution in [-0.4, -0.2) is 18.7 Å². The molecule has 2 heteroatoms. The fourth-order valence-electron chi connectivity index (χ4n) is 2.78. The van der Waals surface area contributed by atoms with Crippen molar-refractivity contribution < 1.29 is 5.11 Å². The number of nitrogens with zero attached hydrogens (tertiary/aromatic N) is 1. The normalized spacial score (nSPS) is 16.4. The number of aliphatic hydroxyl groups is 1. The molecular weight excluding hydrogens is 210 g/mol. The van der Waals surface area contributed by atoms with Crippen molar-refractivity contribution in [2.45, 2.75) is 39.2 Å². The predicted molar refractivity (Wildman–Crippen MR) is 72.4 cm³/mol. The van der Waals surface area contributed by atoms with Gasteiger partial charge >= 0.3 is 0 Å². The molecule has 0 fully saturated rings. The fourth-order valence-corrected chi connectivity index (χ4v) is 2.78. The number of hydrogen-bond acceptors (Lipinski definition) is 2. The zero-order chi connectivity index (χ0) is 12.4. The van der Waals surface area contributed by atoms with Crippen LogP contribution in [0.4, 0.5) is 5.69 Å². The number of benzene rings is 1. The highest BCUT2D eigenvalue weighted by Gasteiger charge is 2.21. The lowest BCUT2D eigenvalue weighted by molar-refractivity contribution is 0.103. The summed E-state index contributed by atoms with van der Waals surface area (Å²) in [6.45, 7) is 5.40. The molecular formula is C15H23NO. The van der Waals surface area contributed by atoms with Gasteiger partial charge in [-0.1, -0.05) is 38.8 Å². The van der Waals surface area contributed by atoms with Crippen molar-refractivity contribution >= 4 is 5.69 Å². The molecule has 1 heterocycles. The smallest absolute Gasteiger partial charge is 0.0818 e. The van der Waals surface area contributed by atoms with Crippen molar-refractivity contribution in [1.82, 2.24) is 0 Å². The SMILES string of the molecule is CCC(CC)C(O)c1ccc2c(c1)CCN2C. The highest BCUT2D eigenvalue weighted by molar-refractivity contribution is 5.58. The molecule has 94 valence electrons. The maximum absolute atomic E-state index is 10.4. The number of anilines is 1. The van der Waals surface area contributed by atoms with E-state index in [1.807, 2.05) is 0 Å². The van der Waals surface area contributed by atoms with Crippen LogP contribution in [0.5, 0.6) is 0 Å². The second-order valence-electron chi connectivity index (χ2n) is 5.08. The van der Waals surface area contributed by atoms with Crippen molar-refractivity contribution in [2.24, 2.45) is 5.92 Å². The molecule has 1 unspecified atom stereocenters. The summed E-state index contributed by atoms with van der Waals surface area (Å²) in [5.74, 6) is 0.382. The molecule has 0 saturated heterocycles. The van der Waals surface area contributed by atoms with Gasteiger partial charge in [0.1, 0.15) is 0 Å². The lowest BCUT2D eigenvalue weighted by Gasteiger charge is -2.21. The molecule has 1 atom stereocenters. The van der Waals surface area contributed by atoms with Crippen molar-refractivity contribution in [1.29, 1.82) is 0 Å². The first-order valence-electron chi connectivity index (χ1n) is 6.69. The summed E-state index contributed by atoms with van der Waals surface area (Å²) in [5.41, 5.74) is 3.80. The van der Waals surface area contributed by atoms with Gasteiger partial charge in [-0.2, -0.15) is 0 Å². The van der Waals surface area contributed by atoms with E-state index >= 15 is 0 Å². The Bertz CT molecular complexity index is 385. The third-order valence-corrected chi connectivity index (χ3v) is 4.07. The predicted octanol–water partition coefficient (Wildman–Crippen LogP) is 3.15. The number of likely N-dealkylation sites (N-methyl/N-ethyl adjacent to an activating group) is 1. The van der Waals surface area contributed by atoms with E-state index in [1.165, 1.54) is 11.3 Å². The van der Waals surface area contributed by atoms with E-state index in [1.54, 1.807) is 0 Å². The molecule has 0 saturated carbocycles. The van der Waals surface area contributed by atoms with Gasteiger partial charge in [0.15, 0.2) is 0 Å². The molecule has 0 spiro atoms. The number of aliphatic hydroxyl groups excluding tert-OH is 1. The first-order chi connectivity index (χ1) is 8.17. The van der Waals surface area contributed by atoms with Crippen LogP contribution in [0.15, 0.2) is 18.2 Å². The van der Waals surface area contributed by atoms with Gasteiger partial charge in [-0.3, -0.25) is 0 Å². The number of rotatable bonds is 4. The quantitative estimate of drug-likeness (QED) is 0.863. The minimum absolute atomic E-state index is 0.304. The van der Waals surface area contributed by atoms with E-state index < -0.39 is 0 Å². The van der Waals surface area contributed by atoms with Crippen molar-refractivity contribution in [3.63, 3.8) is 0 Å². The monoisotopic (exact) mass is 233 g/mol. The zero-order valence-corrected chi connectivity index (χ0v) is 11.1. The Morgan fingerprint density at radius 3 is 2.65 bits per heavy atom. The topological polar surface area (TPSA) is 23.5 Å². The van der Waals surface area contributed by atoms with Gasteiger partial charge in [0.05, 0.1) is 6.10 Å². The van der Waals surface area contributed by atoms with Gasteiger partial charge in [0.25, 0.3) is 0 Å². The molecule has 17 heavy (non-hydrogen) atoms. The molecule has 1 aliphatic heterocycles. The van der Waals surface area contributed by atoms with Crippen molar-refractivity contribution in [2.75, 3.05) is 18.5 Å². The maximum atomic E-state index is 10.4. The largest absolute Gasteiger partial charge is 0.388 e. The average Bonchev–Trinajstić information content (AvgIpc) is 2.72. The van der Waals surface area contributed by atoms with Gasteiger partial charge in [-0.25, -0.2) is 0 Å². The summed E-state index contributed by atoms with van der Waals surface area (Å²) in [4.78, 5) is 2.28. The first-order valence-corrected chi connectivity index (χ1v) is 6.69. The van der Waals surface area contributed by atoms with Gasteiger partial charge in [-0.05, 0) is 29.5 Å². The molecule has 2 rings (SSSR count). The molecule has 0 radical (unpaired) electrons. The van der Waals surface area contributed by atoms with Gasteiger partial charge in [0, 0.05) is 19.3 Å². The Kier molecular flexibility index (Phi) is 3.72. The summed E-state index contributed by atoms with van der Waals surface area (Å²) in [6.07, 6.45) is 2.87. The third kappa shape index (κ3) is 2.32. The Morgan fingerprint density at radius 1 is 1.29 bits per heavy atom. The van der Waals surface area contributed by atoms with Crippen LogP contribution in [0.3, 0.4) is 0 Å². The van der Waals surface area contributed by atoms with Crippen LogP contribution >= 0.6 is 0 Å². The van der Waals surface area contributed by atoms with Crippen LogP contribution in [0.2, 0.25) is 0 Å². The minimum atomic E-state index is -0.304. The third-order valence-electron chi connectivity index (χ3n) is 4.07. The first kappa shape index (κ1) is 12.4. The molecule has 0 aliphatic carbocycles. The maximum Gasteiger partial charge on any atom is 0.0818 e. The molecule has 1 aromatic rings. The van der Waals surface area contributed by atoms with Crippen LogP contribution in [0.1, 0.15) is 43.9 Å². The Hall–Kier alpha value is -1.02.